The molecule has 6 heteroatoms. The molecule has 0 aliphatic rings. The maximum Gasteiger partial charge on any atom is 0.269 e. The molecule has 2 aromatic rings. The Morgan fingerprint density at radius 2 is 1.77 bits per heavy atom. The minimum absolute atomic E-state index is 0.0389. The molecule has 0 heterocycles. The van der Waals surface area contributed by atoms with Crippen molar-refractivity contribution in [2.75, 3.05) is 0 Å². The van der Waals surface area contributed by atoms with Crippen LogP contribution in [-0.4, -0.2) is 17.1 Å². The molecule has 6 nitrogen and oxygen atoms in total. The average molecular weight is 298 g/mol. The molecule has 0 aliphatic carbocycles. The van der Waals surface area contributed by atoms with E-state index >= 15 is 0 Å². The van der Waals surface area contributed by atoms with E-state index in [0.29, 0.717) is 17.4 Å². The van der Waals surface area contributed by atoms with E-state index in [-0.39, 0.29) is 18.0 Å². The van der Waals surface area contributed by atoms with Gasteiger partial charge in [-0.2, -0.15) is 0 Å². The third-order valence-corrected chi connectivity index (χ3v) is 3.18. The van der Waals surface area contributed by atoms with Gasteiger partial charge < -0.3 is 10.1 Å². The quantitative estimate of drug-likeness (QED) is 0.504. The van der Waals surface area contributed by atoms with Gasteiger partial charge in [0.1, 0.15) is 6.29 Å². The van der Waals surface area contributed by atoms with Crippen molar-refractivity contribution < 1.29 is 14.5 Å². The molecular weight excluding hydrogens is 284 g/mol. The first-order valence-corrected chi connectivity index (χ1v) is 6.65. The van der Waals surface area contributed by atoms with Crippen molar-refractivity contribution in [1.29, 1.82) is 0 Å². The Bertz CT molecular complexity index is 668. The molecule has 0 radical (unpaired) electrons. The second-order valence-corrected chi connectivity index (χ2v) is 4.64. The smallest absolute Gasteiger partial charge is 0.269 e. The topological polar surface area (TPSA) is 89.3 Å². The minimum atomic E-state index is -0.522. The first kappa shape index (κ1) is 15.4. The molecule has 0 unspecified atom stereocenters. The highest BCUT2D eigenvalue weighted by Crippen LogP contribution is 2.20. The van der Waals surface area contributed by atoms with Gasteiger partial charge in [0.2, 0.25) is 0 Å². The molecule has 1 atom stereocenters. The molecule has 2 aromatic carbocycles. The lowest BCUT2D eigenvalue weighted by molar-refractivity contribution is -0.384. The number of carbonyl (C=O) groups is 2. The zero-order valence-corrected chi connectivity index (χ0v) is 11.6. The summed E-state index contributed by atoms with van der Waals surface area (Å²) in [5.41, 5.74) is 1.09. The van der Waals surface area contributed by atoms with Crippen LogP contribution in [0, 0.1) is 10.1 Å². The van der Waals surface area contributed by atoms with Crippen molar-refractivity contribution in [2.45, 2.75) is 12.5 Å². The highest BCUT2D eigenvalue weighted by molar-refractivity contribution is 5.94. The lowest BCUT2D eigenvalue weighted by Gasteiger charge is -2.16. The number of hydrogen-bond donors (Lipinski definition) is 1. The van der Waals surface area contributed by atoms with E-state index in [1.807, 2.05) is 0 Å². The Morgan fingerprint density at radius 3 is 2.32 bits per heavy atom. The summed E-state index contributed by atoms with van der Waals surface area (Å²) < 4.78 is 0. The summed E-state index contributed by atoms with van der Waals surface area (Å²) in [6, 6.07) is 13.9. The van der Waals surface area contributed by atoms with Crippen molar-refractivity contribution in [2.24, 2.45) is 0 Å². The van der Waals surface area contributed by atoms with E-state index in [1.165, 1.54) is 24.3 Å². The van der Waals surface area contributed by atoms with Crippen LogP contribution >= 0.6 is 0 Å². The average Bonchev–Trinajstić information content (AvgIpc) is 2.55. The van der Waals surface area contributed by atoms with Crippen LogP contribution < -0.4 is 5.32 Å². The fourth-order valence-electron chi connectivity index (χ4n) is 2.03. The van der Waals surface area contributed by atoms with Gasteiger partial charge in [0, 0.05) is 24.1 Å². The van der Waals surface area contributed by atoms with Gasteiger partial charge in [0.05, 0.1) is 11.0 Å². The number of nitro benzene ring substituents is 1. The maximum atomic E-state index is 12.1. The summed E-state index contributed by atoms with van der Waals surface area (Å²) in [4.78, 5) is 33.1. The van der Waals surface area contributed by atoms with Crippen LogP contribution in [0.25, 0.3) is 0 Å². The predicted octanol–water partition coefficient (Wildman–Crippen LogP) is 2.65. The number of nitrogens with zero attached hydrogens (tertiary/aromatic N) is 1. The van der Waals surface area contributed by atoms with Gasteiger partial charge >= 0.3 is 0 Å². The number of carbonyl (C=O) groups excluding carboxylic acids is 2. The molecule has 0 saturated carbocycles. The maximum absolute atomic E-state index is 12.1. The van der Waals surface area contributed by atoms with E-state index < -0.39 is 11.0 Å². The highest BCUT2D eigenvalue weighted by Gasteiger charge is 2.16. The first-order chi connectivity index (χ1) is 10.6. The Balaban J connectivity index is 2.17. The number of aldehydes is 1. The van der Waals surface area contributed by atoms with Gasteiger partial charge in [-0.1, -0.05) is 30.3 Å². The fraction of sp³-hybridized carbons (Fsp3) is 0.125. The van der Waals surface area contributed by atoms with E-state index in [0.717, 1.165) is 0 Å². The van der Waals surface area contributed by atoms with Gasteiger partial charge in [-0.15, -0.1) is 0 Å². The molecule has 112 valence electrons. The standard InChI is InChI=1S/C16H14N2O4/c19-11-10-15(12-6-8-14(9-7-12)18(21)22)17-16(20)13-4-2-1-3-5-13/h1-9,11,15H,10H2,(H,17,20)/t15-/m1/s1. The first-order valence-electron chi connectivity index (χ1n) is 6.65. The predicted molar refractivity (Wildman–Crippen MR) is 80.4 cm³/mol. The number of amides is 1. The monoisotopic (exact) mass is 298 g/mol. The minimum Gasteiger partial charge on any atom is -0.345 e. The van der Waals surface area contributed by atoms with Crippen LogP contribution in [0.15, 0.2) is 54.6 Å². The molecule has 0 spiro atoms. The molecule has 0 bridgehead atoms. The van der Waals surface area contributed by atoms with Crippen LogP contribution in [-0.2, 0) is 4.79 Å². The van der Waals surface area contributed by atoms with Crippen molar-refractivity contribution >= 4 is 17.9 Å². The molecule has 0 aromatic heterocycles. The van der Waals surface area contributed by atoms with E-state index in [9.17, 15) is 19.7 Å². The molecular formula is C16H14N2O4. The van der Waals surface area contributed by atoms with E-state index in [2.05, 4.69) is 5.32 Å². The van der Waals surface area contributed by atoms with Gasteiger partial charge in [0.25, 0.3) is 11.6 Å². The Labute approximate surface area is 126 Å². The van der Waals surface area contributed by atoms with Crippen molar-refractivity contribution in [1.82, 2.24) is 5.32 Å². The van der Waals surface area contributed by atoms with E-state index in [1.54, 1.807) is 30.3 Å². The molecule has 1 amide bonds. The summed E-state index contributed by atoms with van der Waals surface area (Å²) in [7, 11) is 0. The Morgan fingerprint density at radius 1 is 1.14 bits per heavy atom. The largest absolute Gasteiger partial charge is 0.345 e. The highest BCUT2D eigenvalue weighted by atomic mass is 16.6. The molecule has 0 fully saturated rings. The second-order valence-electron chi connectivity index (χ2n) is 4.64. The van der Waals surface area contributed by atoms with Gasteiger partial charge in [-0.3, -0.25) is 14.9 Å². The van der Waals surface area contributed by atoms with Crippen molar-refractivity contribution in [3.05, 3.63) is 75.8 Å². The van der Waals surface area contributed by atoms with Crippen molar-refractivity contribution in [3.63, 3.8) is 0 Å². The normalized spacial score (nSPS) is 11.5. The van der Waals surface area contributed by atoms with Gasteiger partial charge in [-0.25, -0.2) is 0 Å². The van der Waals surface area contributed by atoms with Crippen LogP contribution in [0.2, 0.25) is 0 Å². The van der Waals surface area contributed by atoms with E-state index in [4.69, 9.17) is 0 Å². The van der Waals surface area contributed by atoms with Crippen LogP contribution in [0.5, 0.6) is 0 Å². The summed E-state index contributed by atoms with van der Waals surface area (Å²) >= 11 is 0. The molecule has 2 rings (SSSR count). The number of nitrogens with one attached hydrogen (secondary N) is 1. The zero-order chi connectivity index (χ0) is 15.9. The summed E-state index contributed by atoms with van der Waals surface area (Å²) in [6.07, 6.45) is 0.799. The molecule has 0 aliphatic heterocycles. The summed E-state index contributed by atoms with van der Waals surface area (Å²) in [5, 5.41) is 13.4. The number of non-ortho nitro benzene ring substituents is 1. The van der Waals surface area contributed by atoms with Crippen molar-refractivity contribution in [3.8, 4) is 0 Å². The summed E-state index contributed by atoms with van der Waals surface area (Å²) in [5.74, 6) is -0.300. The Hall–Kier alpha value is -3.02. The number of benzene rings is 2. The molecule has 1 N–H and O–H groups in total. The third kappa shape index (κ3) is 3.76. The number of rotatable bonds is 6. The fourth-order valence-corrected chi connectivity index (χ4v) is 2.03. The van der Waals surface area contributed by atoms with Gasteiger partial charge in [-0.05, 0) is 17.7 Å². The number of hydrogen-bond acceptors (Lipinski definition) is 4. The lowest BCUT2D eigenvalue weighted by Crippen LogP contribution is -2.28. The van der Waals surface area contributed by atoms with Gasteiger partial charge in [0.15, 0.2) is 0 Å². The van der Waals surface area contributed by atoms with Crippen LogP contribution in [0.3, 0.4) is 0 Å². The second kappa shape index (κ2) is 7.12. The lowest BCUT2D eigenvalue weighted by atomic mass is 10.0. The van der Waals surface area contributed by atoms with Crippen LogP contribution in [0.1, 0.15) is 28.4 Å². The molecule has 22 heavy (non-hydrogen) atoms. The Kier molecular flexibility index (Phi) is 4.98. The zero-order valence-electron chi connectivity index (χ0n) is 11.6. The SMILES string of the molecule is O=CC[C@@H](NC(=O)c1ccccc1)c1ccc([N+](=O)[O-])cc1. The van der Waals surface area contributed by atoms with Crippen LogP contribution in [0.4, 0.5) is 5.69 Å². The molecule has 0 saturated heterocycles. The summed E-state index contributed by atoms with van der Waals surface area (Å²) in [6.45, 7) is 0. The third-order valence-electron chi connectivity index (χ3n) is 3.18. The number of nitro groups is 1.